The van der Waals surface area contributed by atoms with Crippen LogP contribution < -0.4 is 16.2 Å². The monoisotopic (exact) mass is 369 g/mol. The quantitative estimate of drug-likeness (QED) is 0.543. The van der Waals surface area contributed by atoms with Gasteiger partial charge in [-0.25, -0.2) is 0 Å². The molecule has 5 heteroatoms. The van der Waals surface area contributed by atoms with Gasteiger partial charge in [0, 0.05) is 23.7 Å². The highest BCUT2D eigenvalue weighted by Gasteiger charge is 2.22. The third-order valence-corrected chi connectivity index (χ3v) is 4.66. The van der Waals surface area contributed by atoms with Gasteiger partial charge in [0.1, 0.15) is 12.4 Å². The number of nitrogens with zero attached hydrogens (tertiary/aromatic N) is 1. The zero-order valence-electron chi connectivity index (χ0n) is 16.9. The summed E-state index contributed by atoms with van der Waals surface area (Å²) in [5.74, 6) is 0.451. The van der Waals surface area contributed by atoms with Crippen molar-refractivity contribution >= 4 is 17.2 Å². The second-order valence-corrected chi connectivity index (χ2v) is 7.46. The average molecular weight is 370 g/mol. The van der Waals surface area contributed by atoms with Gasteiger partial charge in [0.05, 0.1) is 16.9 Å². The van der Waals surface area contributed by atoms with Crippen molar-refractivity contribution in [3.05, 3.63) is 53.6 Å². The lowest BCUT2D eigenvalue weighted by molar-refractivity contribution is 0.0846. The molecule has 0 heterocycles. The summed E-state index contributed by atoms with van der Waals surface area (Å²) in [7, 11) is 0. The van der Waals surface area contributed by atoms with E-state index in [0.29, 0.717) is 46.9 Å². The Kier molecular flexibility index (Phi) is 6.86. The number of nitrogen functional groups attached to an aromatic ring is 2. The molecule has 146 valence electrons. The van der Waals surface area contributed by atoms with Crippen molar-refractivity contribution in [1.29, 1.82) is 0 Å². The first-order chi connectivity index (χ1) is 12.7. The van der Waals surface area contributed by atoms with Crippen molar-refractivity contribution in [1.82, 2.24) is 4.90 Å². The molecule has 0 amide bonds. The van der Waals surface area contributed by atoms with Crippen LogP contribution in [0, 0.1) is 0 Å². The molecule has 0 radical (unpaired) electrons. The van der Waals surface area contributed by atoms with Crippen LogP contribution in [0.15, 0.2) is 42.5 Å². The summed E-state index contributed by atoms with van der Waals surface area (Å²) in [6.07, 6.45) is 0. The van der Waals surface area contributed by atoms with Crippen molar-refractivity contribution in [2.75, 3.05) is 18.1 Å². The minimum atomic E-state index is -0.130. The normalized spacial score (nSPS) is 12.6. The van der Waals surface area contributed by atoms with Crippen LogP contribution in [-0.2, 0) is 0 Å². The Labute approximate surface area is 162 Å². The Hall–Kier alpha value is -2.53. The number of rotatable bonds is 8. The lowest BCUT2D eigenvalue weighted by Crippen LogP contribution is -2.46. The van der Waals surface area contributed by atoms with Crippen LogP contribution in [0.2, 0.25) is 0 Å². The highest BCUT2D eigenvalue weighted by molar-refractivity contribution is 6.11. The Balaban J connectivity index is 2.20. The molecule has 2 aromatic rings. The van der Waals surface area contributed by atoms with Gasteiger partial charge < -0.3 is 16.2 Å². The largest absolute Gasteiger partial charge is 0.491 e. The fourth-order valence-electron chi connectivity index (χ4n) is 3.56. The fraction of sp³-hybridized carbons (Fsp3) is 0.409. The molecule has 0 aliphatic carbocycles. The van der Waals surface area contributed by atoms with E-state index in [1.54, 1.807) is 24.3 Å². The molecule has 1 unspecified atom stereocenters. The number of carbonyl (C=O) groups excluding carboxylic acids is 1. The number of nitrogens with two attached hydrogens (primary N) is 2. The van der Waals surface area contributed by atoms with Crippen molar-refractivity contribution in [2.45, 2.75) is 52.7 Å². The lowest BCUT2D eigenvalue weighted by Gasteiger charge is -2.36. The molecule has 4 N–H and O–H groups in total. The molecule has 5 nitrogen and oxygen atoms in total. The lowest BCUT2D eigenvalue weighted by atomic mass is 10.0. The first kappa shape index (κ1) is 20.8. The summed E-state index contributed by atoms with van der Waals surface area (Å²) < 4.78 is 6.06. The topological polar surface area (TPSA) is 81.6 Å². The van der Waals surface area contributed by atoms with E-state index in [4.69, 9.17) is 16.2 Å². The van der Waals surface area contributed by atoms with E-state index in [0.717, 1.165) is 0 Å². The maximum absolute atomic E-state index is 12.9. The summed E-state index contributed by atoms with van der Waals surface area (Å²) in [5, 5.41) is 0. The fourth-order valence-corrected chi connectivity index (χ4v) is 3.56. The highest BCUT2D eigenvalue weighted by Crippen LogP contribution is 2.25. The van der Waals surface area contributed by atoms with Gasteiger partial charge in [-0.1, -0.05) is 12.1 Å². The van der Waals surface area contributed by atoms with Gasteiger partial charge >= 0.3 is 0 Å². The van der Waals surface area contributed by atoms with Gasteiger partial charge in [-0.15, -0.1) is 0 Å². The molecule has 0 fully saturated rings. The zero-order chi connectivity index (χ0) is 20.1. The standard InChI is InChI=1S/C22H31N3O2/c1-14(2)25(15(3)4)16(5)13-27-21-9-7-6-8-18(21)22(26)17-10-11-19(23)20(24)12-17/h6-12,14-16H,13,23-24H2,1-5H3. The van der Waals surface area contributed by atoms with E-state index < -0.39 is 0 Å². The van der Waals surface area contributed by atoms with E-state index in [2.05, 4.69) is 39.5 Å². The van der Waals surface area contributed by atoms with E-state index in [-0.39, 0.29) is 11.8 Å². The van der Waals surface area contributed by atoms with Crippen LogP contribution in [-0.4, -0.2) is 35.4 Å². The number of para-hydroxylation sites is 1. The summed E-state index contributed by atoms with van der Waals surface area (Å²) in [6.45, 7) is 11.4. The van der Waals surface area contributed by atoms with Crippen LogP contribution in [0.1, 0.15) is 50.5 Å². The minimum absolute atomic E-state index is 0.130. The molecule has 0 aliphatic heterocycles. The molecule has 1 atom stereocenters. The summed E-state index contributed by atoms with van der Waals surface area (Å²) in [6, 6.07) is 13.3. The molecule has 2 aromatic carbocycles. The molecule has 0 saturated carbocycles. The molecule has 2 rings (SSSR count). The third kappa shape index (κ3) is 5.01. The van der Waals surface area contributed by atoms with E-state index in [1.165, 1.54) is 0 Å². The Morgan fingerprint density at radius 3 is 2.19 bits per heavy atom. The first-order valence-electron chi connectivity index (χ1n) is 9.41. The van der Waals surface area contributed by atoms with Gasteiger partial charge in [-0.05, 0) is 65.0 Å². The number of ether oxygens (including phenoxy) is 1. The first-order valence-corrected chi connectivity index (χ1v) is 9.41. The molecular formula is C22H31N3O2. The van der Waals surface area contributed by atoms with E-state index >= 15 is 0 Å². The average Bonchev–Trinajstić information content (AvgIpc) is 2.61. The van der Waals surface area contributed by atoms with Crippen molar-refractivity contribution in [3.63, 3.8) is 0 Å². The summed E-state index contributed by atoms with van der Waals surface area (Å²) >= 11 is 0. The van der Waals surface area contributed by atoms with Crippen LogP contribution in [0.5, 0.6) is 5.75 Å². The number of hydrogen-bond acceptors (Lipinski definition) is 5. The molecule has 0 aromatic heterocycles. The van der Waals surface area contributed by atoms with E-state index in [9.17, 15) is 4.79 Å². The van der Waals surface area contributed by atoms with Gasteiger partial charge in [-0.3, -0.25) is 9.69 Å². The van der Waals surface area contributed by atoms with Gasteiger partial charge in [0.15, 0.2) is 5.78 Å². The Morgan fingerprint density at radius 2 is 1.59 bits per heavy atom. The number of anilines is 2. The summed E-state index contributed by atoms with van der Waals surface area (Å²) in [4.78, 5) is 15.3. The number of carbonyl (C=O) groups is 1. The molecule has 0 saturated heterocycles. The maximum atomic E-state index is 12.9. The maximum Gasteiger partial charge on any atom is 0.196 e. The van der Waals surface area contributed by atoms with Gasteiger partial charge in [-0.2, -0.15) is 0 Å². The van der Waals surface area contributed by atoms with Crippen LogP contribution in [0.25, 0.3) is 0 Å². The number of benzene rings is 2. The van der Waals surface area contributed by atoms with Crippen LogP contribution in [0.3, 0.4) is 0 Å². The predicted molar refractivity (Wildman–Crippen MR) is 112 cm³/mol. The second kappa shape index (κ2) is 8.91. The van der Waals surface area contributed by atoms with Crippen molar-refractivity contribution in [3.8, 4) is 5.75 Å². The van der Waals surface area contributed by atoms with Crippen molar-refractivity contribution in [2.24, 2.45) is 0 Å². The smallest absolute Gasteiger partial charge is 0.196 e. The van der Waals surface area contributed by atoms with E-state index in [1.807, 2.05) is 18.2 Å². The molecule has 27 heavy (non-hydrogen) atoms. The van der Waals surface area contributed by atoms with Crippen molar-refractivity contribution < 1.29 is 9.53 Å². The molecule has 0 aliphatic rings. The zero-order valence-corrected chi connectivity index (χ0v) is 16.9. The number of ketones is 1. The van der Waals surface area contributed by atoms with Gasteiger partial charge in [0.25, 0.3) is 0 Å². The van der Waals surface area contributed by atoms with Crippen LogP contribution >= 0.6 is 0 Å². The molecule has 0 spiro atoms. The van der Waals surface area contributed by atoms with Crippen LogP contribution in [0.4, 0.5) is 11.4 Å². The molecular weight excluding hydrogens is 338 g/mol. The third-order valence-electron chi connectivity index (χ3n) is 4.66. The SMILES string of the molecule is CC(C)N(C(C)C)C(C)COc1ccccc1C(=O)c1ccc(N)c(N)c1. The predicted octanol–water partition coefficient (Wildman–Crippen LogP) is 3.97. The molecule has 0 bridgehead atoms. The number of hydrogen-bond donors (Lipinski definition) is 2. The Morgan fingerprint density at radius 1 is 0.963 bits per heavy atom. The Bertz CT molecular complexity index is 779. The second-order valence-electron chi connectivity index (χ2n) is 7.46. The highest BCUT2D eigenvalue weighted by atomic mass is 16.5. The summed E-state index contributed by atoms with van der Waals surface area (Å²) in [5.41, 5.74) is 13.5. The van der Waals surface area contributed by atoms with Gasteiger partial charge in [0.2, 0.25) is 0 Å². The minimum Gasteiger partial charge on any atom is -0.491 e.